The molecule has 5 rings (SSSR count). The minimum atomic E-state index is -0.137. The molecule has 0 unspecified atom stereocenters. The largest absolute Gasteiger partial charge is 0.411 e. The van der Waals surface area contributed by atoms with E-state index in [1.807, 2.05) is 66.9 Å². The van der Waals surface area contributed by atoms with Crippen LogP contribution in [-0.2, 0) is 5.75 Å². The summed E-state index contributed by atoms with van der Waals surface area (Å²) in [6.45, 7) is 2.03. The third kappa shape index (κ3) is 3.67. The fourth-order valence-electron chi connectivity index (χ4n) is 3.10. The first kappa shape index (κ1) is 18.8. The maximum Gasteiger partial charge on any atom is 0.277 e. The van der Waals surface area contributed by atoms with Crippen molar-refractivity contribution in [1.82, 2.24) is 20.2 Å². The van der Waals surface area contributed by atoms with Gasteiger partial charge in [0.2, 0.25) is 5.89 Å². The van der Waals surface area contributed by atoms with Gasteiger partial charge in [0, 0.05) is 16.5 Å². The highest BCUT2D eigenvalue weighted by Crippen LogP contribution is 2.31. The number of rotatable bonds is 5. The lowest BCUT2D eigenvalue weighted by Gasteiger charge is -2.01. The first-order chi connectivity index (χ1) is 14.7. The van der Waals surface area contributed by atoms with Crippen molar-refractivity contribution in [3.8, 4) is 22.6 Å². The van der Waals surface area contributed by atoms with Crippen LogP contribution in [0.1, 0.15) is 11.4 Å². The third-order valence-corrected chi connectivity index (χ3v) is 6.32. The molecule has 2 aromatic carbocycles. The molecule has 0 spiro atoms. The average Bonchev–Trinajstić information content (AvgIpc) is 3.41. The number of fused-ring (bicyclic) bond motifs is 1. The predicted molar refractivity (Wildman–Crippen MR) is 120 cm³/mol. The third-order valence-electron chi connectivity index (χ3n) is 4.62. The van der Waals surface area contributed by atoms with Crippen molar-refractivity contribution in [2.45, 2.75) is 17.9 Å². The van der Waals surface area contributed by atoms with Crippen molar-refractivity contribution < 1.29 is 4.42 Å². The Balaban J connectivity index is 1.37. The number of aromatic amines is 1. The number of hydrogen-bond acceptors (Lipinski definition) is 7. The number of H-pyrrole nitrogens is 1. The maximum atomic E-state index is 12.7. The molecule has 0 atom stereocenters. The minimum Gasteiger partial charge on any atom is -0.411 e. The highest BCUT2D eigenvalue weighted by Gasteiger charge is 2.14. The molecule has 1 N–H and O–H groups in total. The highest BCUT2D eigenvalue weighted by molar-refractivity contribution is 7.98. The van der Waals surface area contributed by atoms with Crippen molar-refractivity contribution in [2.24, 2.45) is 0 Å². The van der Waals surface area contributed by atoms with E-state index in [1.165, 1.54) is 28.7 Å². The van der Waals surface area contributed by atoms with E-state index in [0.717, 1.165) is 21.5 Å². The molecule has 0 aliphatic heterocycles. The van der Waals surface area contributed by atoms with E-state index in [2.05, 4.69) is 20.2 Å². The fraction of sp³-hybridized carbons (Fsp3) is 0.0909. The Morgan fingerprint density at radius 3 is 2.63 bits per heavy atom. The normalized spacial score (nSPS) is 11.2. The maximum absolute atomic E-state index is 12.7. The molecule has 6 nitrogen and oxygen atoms in total. The lowest BCUT2D eigenvalue weighted by molar-refractivity contribution is 0.465. The summed E-state index contributed by atoms with van der Waals surface area (Å²) >= 11 is 2.81. The van der Waals surface area contributed by atoms with E-state index in [1.54, 1.807) is 0 Å². The van der Waals surface area contributed by atoms with Gasteiger partial charge in [-0.15, -0.1) is 21.5 Å². The Hall–Kier alpha value is -3.23. The Labute approximate surface area is 180 Å². The smallest absolute Gasteiger partial charge is 0.277 e. The summed E-state index contributed by atoms with van der Waals surface area (Å²) in [4.78, 5) is 21.0. The summed E-state index contributed by atoms with van der Waals surface area (Å²) in [7, 11) is 0. The molecule has 3 heterocycles. The molecule has 30 heavy (non-hydrogen) atoms. The van der Waals surface area contributed by atoms with Gasteiger partial charge in [-0.3, -0.25) is 4.79 Å². The molecule has 0 aliphatic rings. The van der Waals surface area contributed by atoms with Crippen molar-refractivity contribution in [1.29, 1.82) is 0 Å². The van der Waals surface area contributed by atoms with Crippen LogP contribution in [0.5, 0.6) is 0 Å². The Bertz CT molecular complexity index is 1370. The summed E-state index contributed by atoms with van der Waals surface area (Å²) in [6.07, 6.45) is 0. The zero-order valence-corrected chi connectivity index (χ0v) is 17.6. The monoisotopic (exact) mass is 432 g/mol. The van der Waals surface area contributed by atoms with E-state index < -0.39 is 0 Å². The second-order valence-electron chi connectivity index (χ2n) is 6.74. The van der Waals surface area contributed by atoms with Gasteiger partial charge >= 0.3 is 0 Å². The molecule has 148 valence electrons. The van der Waals surface area contributed by atoms with Gasteiger partial charge in [0.25, 0.3) is 10.8 Å². The summed E-state index contributed by atoms with van der Waals surface area (Å²) in [5.41, 5.74) is 3.82. The van der Waals surface area contributed by atoms with Gasteiger partial charge in [-0.25, -0.2) is 4.98 Å². The molecule has 3 aromatic heterocycles. The van der Waals surface area contributed by atoms with Gasteiger partial charge in [-0.2, -0.15) is 0 Å². The van der Waals surface area contributed by atoms with Gasteiger partial charge in [0.05, 0.1) is 11.1 Å². The number of thioether (sulfide) groups is 1. The number of nitrogens with one attached hydrogen (secondary N) is 1. The van der Waals surface area contributed by atoms with Gasteiger partial charge in [0.1, 0.15) is 10.7 Å². The Morgan fingerprint density at radius 1 is 1.03 bits per heavy atom. The lowest BCUT2D eigenvalue weighted by atomic mass is 10.1. The number of nitrogens with zero attached hydrogens (tertiary/aromatic N) is 3. The fourth-order valence-corrected chi connectivity index (χ4v) is 4.70. The molecule has 0 fully saturated rings. The number of thiophene rings is 1. The van der Waals surface area contributed by atoms with Crippen molar-refractivity contribution in [3.05, 3.63) is 81.7 Å². The molecular weight excluding hydrogens is 416 g/mol. The first-order valence-electron chi connectivity index (χ1n) is 9.26. The van der Waals surface area contributed by atoms with E-state index in [4.69, 9.17) is 4.42 Å². The molecule has 0 amide bonds. The quantitative estimate of drug-likeness (QED) is 0.379. The number of aromatic nitrogens is 4. The lowest BCUT2D eigenvalue weighted by Crippen LogP contribution is -2.10. The van der Waals surface area contributed by atoms with Crippen LogP contribution in [0, 0.1) is 6.92 Å². The van der Waals surface area contributed by atoms with Crippen LogP contribution in [0.2, 0.25) is 0 Å². The standard InChI is InChI=1S/C22H16N4O2S2/c1-13-7-9-15(10-8-13)20-25-26-22(28-20)30-12-17-23-19(27)18-16(11-29-21(18)24-17)14-5-3-2-4-6-14/h2-11H,12H2,1H3,(H,23,24,27). The zero-order chi connectivity index (χ0) is 20.5. The molecule has 0 saturated carbocycles. The zero-order valence-electron chi connectivity index (χ0n) is 16.0. The van der Waals surface area contributed by atoms with E-state index >= 15 is 0 Å². The second kappa shape index (κ2) is 7.89. The van der Waals surface area contributed by atoms with Crippen LogP contribution in [-0.4, -0.2) is 20.2 Å². The van der Waals surface area contributed by atoms with Crippen molar-refractivity contribution >= 4 is 33.3 Å². The van der Waals surface area contributed by atoms with Crippen molar-refractivity contribution in [3.63, 3.8) is 0 Å². The minimum absolute atomic E-state index is 0.137. The molecule has 5 aromatic rings. The van der Waals surface area contributed by atoms with Crippen LogP contribution in [0.25, 0.3) is 32.8 Å². The summed E-state index contributed by atoms with van der Waals surface area (Å²) in [5.74, 6) is 1.48. The number of aryl methyl sites for hydroxylation is 1. The summed E-state index contributed by atoms with van der Waals surface area (Å²) in [6, 6.07) is 17.8. The van der Waals surface area contributed by atoms with Crippen LogP contribution in [0.4, 0.5) is 0 Å². The summed E-state index contributed by atoms with van der Waals surface area (Å²) in [5, 5.41) is 11.2. The molecule has 0 saturated heterocycles. The SMILES string of the molecule is Cc1ccc(-c2nnc(SCc3nc4scc(-c5ccccc5)c4c(=O)[nH]3)o2)cc1. The van der Waals surface area contributed by atoms with Crippen LogP contribution in [0.15, 0.2) is 74.4 Å². The molecule has 0 aliphatic carbocycles. The van der Waals surface area contributed by atoms with Gasteiger partial charge < -0.3 is 9.40 Å². The topological polar surface area (TPSA) is 84.7 Å². The summed E-state index contributed by atoms with van der Waals surface area (Å²) < 4.78 is 5.73. The Kier molecular flexibility index (Phi) is 4.94. The highest BCUT2D eigenvalue weighted by atomic mass is 32.2. The number of hydrogen-bond donors (Lipinski definition) is 1. The number of benzene rings is 2. The second-order valence-corrected chi connectivity index (χ2v) is 8.52. The van der Waals surface area contributed by atoms with Gasteiger partial charge in [-0.1, -0.05) is 59.8 Å². The average molecular weight is 433 g/mol. The molecular formula is C22H16N4O2S2. The van der Waals surface area contributed by atoms with E-state index in [0.29, 0.717) is 28.1 Å². The van der Waals surface area contributed by atoms with Gasteiger partial charge in [0.15, 0.2) is 0 Å². The van der Waals surface area contributed by atoms with Gasteiger partial charge in [-0.05, 0) is 24.6 Å². The first-order valence-corrected chi connectivity index (χ1v) is 11.1. The van der Waals surface area contributed by atoms with Crippen LogP contribution < -0.4 is 5.56 Å². The Morgan fingerprint density at radius 2 is 1.83 bits per heavy atom. The van der Waals surface area contributed by atoms with E-state index in [9.17, 15) is 4.79 Å². The van der Waals surface area contributed by atoms with Crippen LogP contribution >= 0.6 is 23.1 Å². The van der Waals surface area contributed by atoms with Crippen LogP contribution in [0.3, 0.4) is 0 Å². The molecule has 8 heteroatoms. The van der Waals surface area contributed by atoms with Crippen molar-refractivity contribution in [2.75, 3.05) is 0 Å². The predicted octanol–water partition coefficient (Wildman–Crippen LogP) is 5.30. The molecule has 0 radical (unpaired) electrons. The van der Waals surface area contributed by atoms with E-state index in [-0.39, 0.29) is 5.56 Å². The molecule has 0 bridgehead atoms.